The largest absolute Gasteiger partial charge is 0.426 e. The first-order chi connectivity index (χ1) is 14.5. The number of nitrogens with zero attached hydrogens (tertiary/aromatic N) is 2. The number of halogens is 1. The zero-order valence-electron chi connectivity index (χ0n) is 17.5. The van der Waals surface area contributed by atoms with E-state index in [1.807, 2.05) is 56.4 Å². The fraction of sp³-hybridized carbons (Fsp3) is 0.417. The molecule has 3 aromatic rings. The highest BCUT2D eigenvalue weighted by Crippen LogP contribution is 2.37. The highest BCUT2D eigenvalue weighted by Gasteiger charge is 2.22. The Kier molecular flexibility index (Phi) is 6.42. The molecule has 0 saturated heterocycles. The van der Waals surface area contributed by atoms with Gasteiger partial charge in [0.15, 0.2) is 0 Å². The van der Waals surface area contributed by atoms with Gasteiger partial charge in [0, 0.05) is 28.7 Å². The molecule has 0 spiro atoms. The van der Waals surface area contributed by atoms with E-state index in [1.54, 1.807) is 0 Å². The van der Waals surface area contributed by atoms with Crippen LogP contribution in [-0.4, -0.2) is 21.4 Å². The van der Waals surface area contributed by atoms with Crippen LogP contribution in [0.1, 0.15) is 52.4 Å². The molecule has 2 aromatic heterocycles. The van der Waals surface area contributed by atoms with Gasteiger partial charge in [-0.1, -0.05) is 45.2 Å². The molecule has 1 aromatic carbocycles. The first-order valence-electron chi connectivity index (χ1n) is 10.8. The Labute approximate surface area is 186 Å². The number of pyridine rings is 1. The van der Waals surface area contributed by atoms with Crippen LogP contribution in [0.5, 0.6) is 5.75 Å². The van der Waals surface area contributed by atoms with E-state index in [1.165, 1.54) is 19.3 Å². The van der Waals surface area contributed by atoms with Crippen molar-refractivity contribution < 1.29 is 9.53 Å². The number of nitrogens with one attached hydrogen (secondary N) is 1. The minimum absolute atomic E-state index is 0.217. The third-order valence-corrected chi connectivity index (χ3v) is 5.94. The maximum absolute atomic E-state index is 12.4. The van der Waals surface area contributed by atoms with Crippen LogP contribution in [0.25, 0.3) is 16.9 Å². The van der Waals surface area contributed by atoms with Crippen LogP contribution >= 0.6 is 15.9 Å². The maximum Gasteiger partial charge on any atom is 0.311 e. The van der Waals surface area contributed by atoms with Gasteiger partial charge in [-0.25, -0.2) is 4.98 Å². The zero-order valence-corrected chi connectivity index (χ0v) is 19.1. The number of anilines is 1. The summed E-state index contributed by atoms with van der Waals surface area (Å²) in [6.45, 7) is 4.03. The Bertz CT molecular complexity index is 1040. The molecule has 30 heavy (non-hydrogen) atoms. The Hall–Kier alpha value is -2.34. The van der Waals surface area contributed by atoms with E-state index in [9.17, 15) is 4.79 Å². The number of rotatable bonds is 6. The molecule has 0 radical (unpaired) electrons. The molecule has 4 rings (SSSR count). The van der Waals surface area contributed by atoms with Crippen LogP contribution < -0.4 is 10.1 Å². The third-order valence-electron chi connectivity index (χ3n) is 5.47. The van der Waals surface area contributed by atoms with Gasteiger partial charge >= 0.3 is 5.97 Å². The van der Waals surface area contributed by atoms with Crippen molar-refractivity contribution in [2.24, 2.45) is 5.92 Å². The number of esters is 1. The minimum atomic E-state index is -0.217. The molecule has 1 aliphatic rings. The molecule has 1 N–H and O–H groups in total. The molecule has 0 aliphatic heterocycles. The van der Waals surface area contributed by atoms with E-state index in [4.69, 9.17) is 9.72 Å². The molecule has 1 saturated carbocycles. The molecule has 1 aliphatic carbocycles. The first-order valence-corrected chi connectivity index (χ1v) is 11.5. The topological polar surface area (TPSA) is 55.6 Å². The van der Waals surface area contributed by atoms with E-state index >= 15 is 0 Å². The number of benzene rings is 1. The molecule has 2 heterocycles. The van der Waals surface area contributed by atoms with Crippen molar-refractivity contribution >= 4 is 33.4 Å². The van der Waals surface area contributed by atoms with Crippen LogP contribution in [0.15, 0.2) is 47.1 Å². The number of ether oxygens (including phenoxy) is 1. The molecule has 0 bridgehead atoms. The highest BCUT2D eigenvalue weighted by atomic mass is 79.9. The molecule has 5 nitrogen and oxygen atoms in total. The Morgan fingerprint density at radius 3 is 2.73 bits per heavy atom. The molecule has 0 unspecified atom stereocenters. The lowest BCUT2D eigenvalue weighted by atomic mass is 9.95. The van der Waals surface area contributed by atoms with Gasteiger partial charge in [-0.05, 0) is 59.0 Å². The highest BCUT2D eigenvalue weighted by molar-refractivity contribution is 9.10. The SMILES string of the molecule is CC(C)CC(=O)Oc1ccccc1-c1nc2ccc(Br)cn2c1NC1CCCCC1. The van der Waals surface area contributed by atoms with Crippen LogP contribution in [0.3, 0.4) is 0 Å². The maximum atomic E-state index is 12.4. The zero-order chi connectivity index (χ0) is 21.1. The number of hydrogen-bond acceptors (Lipinski definition) is 4. The Morgan fingerprint density at radius 1 is 1.20 bits per heavy atom. The Balaban J connectivity index is 1.77. The molecule has 1 fully saturated rings. The summed E-state index contributed by atoms with van der Waals surface area (Å²) in [5.74, 6) is 1.54. The summed E-state index contributed by atoms with van der Waals surface area (Å²) in [6, 6.07) is 12.1. The quantitative estimate of drug-likeness (QED) is 0.332. The van der Waals surface area contributed by atoms with Crippen molar-refractivity contribution in [1.82, 2.24) is 9.38 Å². The number of para-hydroxylation sites is 1. The second-order valence-corrected chi connectivity index (χ2v) is 9.35. The number of imidazole rings is 1. The summed E-state index contributed by atoms with van der Waals surface area (Å²) in [5, 5.41) is 3.75. The summed E-state index contributed by atoms with van der Waals surface area (Å²) in [6.07, 6.45) is 8.54. The predicted molar refractivity (Wildman–Crippen MR) is 124 cm³/mol. The van der Waals surface area contributed by atoms with Crippen molar-refractivity contribution in [3.63, 3.8) is 0 Å². The molecular weight excluding hydrogens is 442 g/mol. The average Bonchev–Trinajstić information content (AvgIpc) is 3.06. The normalized spacial score (nSPS) is 14.9. The average molecular weight is 470 g/mol. The van der Waals surface area contributed by atoms with Gasteiger partial charge in [-0.15, -0.1) is 0 Å². The van der Waals surface area contributed by atoms with E-state index < -0.39 is 0 Å². The first kappa shape index (κ1) is 20.9. The number of fused-ring (bicyclic) bond motifs is 1. The summed E-state index contributed by atoms with van der Waals surface area (Å²) in [4.78, 5) is 17.3. The van der Waals surface area contributed by atoms with Crippen LogP contribution in [-0.2, 0) is 4.79 Å². The molecule has 6 heteroatoms. The molecule has 158 valence electrons. The number of hydrogen-bond donors (Lipinski definition) is 1. The van der Waals surface area contributed by atoms with Gasteiger partial charge in [-0.2, -0.15) is 0 Å². The lowest BCUT2D eigenvalue weighted by Gasteiger charge is -2.24. The lowest BCUT2D eigenvalue weighted by Crippen LogP contribution is -2.23. The van der Waals surface area contributed by atoms with Crippen molar-refractivity contribution in [1.29, 1.82) is 0 Å². The fourth-order valence-corrected chi connectivity index (χ4v) is 4.37. The minimum Gasteiger partial charge on any atom is -0.426 e. The van der Waals surface area contributed by atoms with Crippen molar-refractivity contribution in [2.45, 2.75) is 58.4 Å². The monoisotopic (exact) mass is 469 g/mol. The van der Waals surface area contributed by atoms with Gasteiger partial charge in [0.05, 0.1) is 0 Å². The van der Waals surface area contributed by atoms with Crippen molar-refractivity contribution in [3.05, 3.63) is 47.1 Å². The van der Waals surface area contributed by atoms with Gasteiger partial charge in [-0.3, -0.25) is 9.20 Å². The van der Waals surface area contributed by atoms with Gasteiger partial charge in [0.2, 0.25) is 0 Å². The summed E-state index contributed by atoms with van der Waals surface area (Å²) in [7, 11) is 0. The van der Waals surface area contributed by atoms with Crippen LogP contribution in [0.4, 0.5) is 5.82 Å². The van der Waals surface area contributed by atoms with Crippen molar-refractivity contribution in [3.8, 4) is 17.0 Å². The number of carbonyl (C=O) groups excluding carboxylic acids is 1. The van der Waals surface area contributed by atoms with Gasteiger partial charge in [0.25, 0.3) is 0 Å². The summed E-state index contributed by atoms with van der Waals surface area (Å²) < 4.78 is 8.82. The molecule has 0 atom stereocenters. The predicted octanol–water partition coefficient (Wildman–Crippen LogP) is 6.46. The summed E-state index contributed by atoms with van der Waals surface area (Å²) >= 11 is 3.58. The van der Waals surface area contributed by atoms with E-state index in [0.29, 0.717) is 18.2 Å². The third kappa shape index (κ3) is 4.69. The van der Waals surface area contributed by atoms with E-state index in [2.05, 4.69) is 25.6 Å². The van der Waals surface area contributed by atoms with E-state index in [-0.39, 0.29) is 11.9 Å². The summed E-state index contributed by atoms with van der Waals surface area (Å²) in [5.41, 5.74) is 2.49. The molecular formula is C24H28BrN3O2. The molecule has 0 amide bonds. The second kappa shape index (κ2) is 9.21. The Morgan fingerprint density at radius 2 is 1.97 bits per heavy atom. The fourth-order valence-electron chi connectivity index (χ4n) is 4.03. The number of aromatic nitrogens is 2. The van der Waals surface area contributed by atoms with Gasteiger partial charge < -0.3 is 10.1 Å². The second-order valence-electron chi connectivity index (χ2n) is 8.43. The van der Waals surface area contributed by atoms with E-state index in [0.717, 1.165) is 40.0 Å². The van der Waals surface area contributed by atoms with Crippen LogP contribution in [0, 0.1) is 5.92 Å². The van der Waals surface area contributed by atoms with Crippen LogP contribution in [0.2, 0.25) is 0 Å². The van der Waals surface area contributed by atoms with Crippen molar-refractivity contribution in [2.75, 3.05) is 5.32 Å². The number of carbonyl (C=O) groups is 1. The van der Waals surface area contributed by atoms with Gasteiger partial charge in [0.1, 0.15) is 22.9 Å². The smallest absolute Gasteiger partial charge is 0.311 e. The standard InChI is InChI=1S/C24H28BrN3O2/c1-16(2)14-22(29)30-20-11-7-6-10-19(20)23-24(26-18-8-4-3-5-9-18)28-15-17(25)12-13-21(28)27-23/h6-7,10-13,15-16,18,26H,3-5,8-9,14H2,1-2H3. The lowest BCUT2D eigenvalue weighted by molar-refractivity contribution is -0.135.